The first-order valence-electron chi connectivity index (χ1n) is 19.0. The number of hydrogen-bond acceptors (Lipinski definition) is 0. The molecule has 1 fully saturated rings. The van der Waals surface area contributed by atoms with E-state index in [4.69, 9.17) is 0 Å². The Morgan fingerprint density at radius 1 is 0.426 bits per heavy atom. The Labute approximate surface area is 333 Å². The summed E-state index contributed by atoms with van der Waals surface area (Å²) in [5.41, 5.74) is 14.9. The summed E-state index contributed by atoms with van der Waals surface area (Å²) in [6, 6.07) is 55.2. The molecule has 2 unspecified atom stereocenters. The molecule has 2 atom stereocenters. The zero-order valence-corrected chi connectivity index (χ0v) is 33.6. The summed E-state index contributed by atoms with van der Waals surface area (Å²) >= 11 is -2.62. The maximum Gasteiger partial charge on any atom is -1.00 e. The maximum atomic E-state index is 2.60. The molecule has 0 spiro atoms. The molecule has 1 aliphatic heterocycles. The molecule has 0 nitrogen and oxygen atoms in total. The van der Waals surface area contributed by atoms with Gasteiger partial charge in [0, 0.05) is 0 Å². The Morgan fingerprint density at radius 3 is 1.11 bits per heavy atom. The molecule has 54 heavy (non-hydrogen) atoms. The average molecular weight is 772 g/mol. The zero-order valence-electron chi connectivity index (χ0n) is 30.5. The van der Waals surface area contributed by atoms with Crippen LogP contribution in [-0.4, -0.2) is 0 Å². The molecule has 0 bridgehead atoms. The third-order valence-corrected chi connectivity index (χ3v) is 23.1. The molecule has 3 heteroatoms. The summed E-state index contributed by atoms with van der Waals surface area (Å²) in [6.07, 6.45) is 6.58. The normalized spacial score (nSPS) is 17.4. The van der Waals surface area contributed by atoms with Gasteiger partial charge in [0.25, 0.3) is 0 Å². The summed E-state index contributed by atoms with van der Waals surface area (Å²) < 4.78 is 4.03. The molecule has 0 aromatic heterocycles. The molecular formula is C51H40Cl2Ti. The molecule has 2 aliphatic carbocycles. The van der Waals surface area contributed by atoms with E-state index in [1.54, 1.807) is 22.3 Å². The van der Waals surface area contributed by atoms with E-state index in [1.165, 1.54) is 92.3 Å². The van der Waals surface area contributed by atoms with Gasteiger partial charge in [0.1, 0.15) is 0 Å². The molecule has 0 saturated carbocycles. The van der Waals surface area contributed by atoms with E-state index in [1.807, 2.05) is 0 Å². The van der Waals surface area contributed by atoms with E-state index in [9.17, 15) is 0 Å². The van der Waals surface area contributed by atoms with Crippen LogP contribution in [0.25, 0.3) is 77.5 Å². The van der Waals surface area contributed by atoms with Gasteiger partial charge in [0.15, 0.2) is 0 Å². The van der Waals surface area contributed by atoms with Gasteiger partial charge in [0.2, 0.25) is 0 Å². The largest absolute Gasteiger partial charge is 1.00 e. The fraction of sp³-hybridized carbons (Fsp3) is 0.137. The second kappa shape index (κ2) is 13.4. The molecule has 11 rings (SSSR count). The topological polar surface area (TPSA) is 0 Å². The standard InChI is InChI=1S/2C24H17.C3H6.2ClH.Ti/c2*1-16-13-17-9-6-12-22(23(17)14-16)24-20-10-4-2-7-18(20)15-19-8-3-5-11-21(19)24;1-3-2;;;/h2*2-15H,1H3;1-3H2;2*1H;/q;;;;;+2/p-2. The fourth-order valence-corrected chi connectivity index (χ4v) is 21.0. The molecule has 8 aromatic carbocycles. The number of rotatable bonds is 4. The van der Waals surface area contributed by atoms with Gasteiger partial charge in [0.05, 0.1) is 0 Å². The van der Waals surface area contributed by atoms with Crippen LogP contribution in [0.3, 0.4) is 0 Å². The van der Waals surface area contributed by atoms with Gasteiger partial charge >= 0.3 is 311 Å². The molecule has 0 N–H and O–H groups in total. The van der Waals surface area contributed by atoms with Crippen molar-refractivity contribution in [3.05, 3.63) is 179 Å². The summed E-state index contributed by atoms with van der Waals surface area (Å²) in [5.74, 6) is 0. The van der Waals surface area contributed by atoms with Crippen molar-refractivity contribution in [3.63, 3.8) is 0 Å². The van der Waals surface area contributed by atoms with Crippen molar-refractivity contribution in [1.29, 1.82) is 0 Å². The monoisotopic (exact) mass is 770 g/mol. The first-order chi connectivity index (χ1) is 25.6. The van der Waals surface area contributed by atoms with E-state index < -0.39 is 16.6 Å². The van der Waals surface area contributed by atoms with E-state index in [0.717, 1.165) is 0 Å². The summed E-state index contributed by atoms with van der Waals surface area (Å²) in [6.45, 7) is 4.93. The molecule has 8 aromatic rings. The van der Waals surface area contributed by atoms with E-state index in [-0.39, 0.29) is 24.8 Å². The van der Waals surface area contributed by atoms with Crippen molar-refractivity contribution in [1.82, 2.24) is 0 Å². The van der Waals surface area contributed by atoms with Crippen LogP contribution in [0.1, 0.15) is 51.0 Å². The molecular weight excluding hydrogens is 731 g/mol. The van der Waals surface area contributed by atoms with Gasteiger partial charge in [-0.3, -0.25) is 0 Å². The minimum Gasteiger partial charge on any atom is -1.00 e. The van der Waals surface area contributed by atoms with E-state index >= 15 is 0 Å². The van der Waals surface area contributed by atoms with Gasteiger partial charge in [-0.15, -0.1) is 0 Å². The minimum atomic E-state index is -2.62. The number of halogens is 2. The van der Waals surface area contributed by atoms with Crippen LogP contribution in [-0.2, 0) is 16.6 Å². The Morgan fingerprint density at radius 2 is 0.778 bits per heavy atom. The van der Waals surface area contributed by atoms with Crippen molar-refractivity contribution < 1.29 is 41.4 Å². The predicted molar refractivity (Wildman–Crippen MR) is 221 cm³/mol. The van der Waals surface area contributed by atoms with Crippen molar-refractivity contribution in [2.45, 2.75) is 38.2 Å². The van der Waals surface area contributed by atoms with Crippen LogP contribution in [0.2, 0.25) is 9.45 Å². The van der Waals surface area contributed by atoms with Crippen molar-refractivity contribution in [2.75, 3.05) is 0 Å². The van der Waals surface area contributed by atoms with Crippen molar-refractivity contribution >= 4 is 55.2 Å². The molecule has 1 heterocycles. The van der Waals surface area contributed by atoms with Crippen molar-refractivity contribution in [3.8, 4) is 22.3 Å². The van der Waals surface area contributed by atoms with Gasteiger partial charge in [-0.1, -0.05) is 0 Å². The van der Waals surface area contributed by atoms with E-state index in [2.05, 4.69) is 172 Å². The smallest absolute Gasteiger partial charge is 1.00 e. The van der Waals surface area contributed by atoms with Crippen LogP contribution in [0, 0.1) is 0 Å². The Balaban J connectivity index is 0.00000192. The second-order valence-electron chi connectivity index (χ2n) is 15.7. The first kappa shape index (κ1) is 35.3. The molecule has 1 saturated heterocycles. The van der Waals surface area contributed by atoms with Gasteiger partial charge in [-0.2, -0.15) is 0 Å². The Kier molecular flexibility index (Phi) is 8.76. The number of allylic oxidation sites excluding steroid dienone is 2. The number of benzene rings is 8. The molecule has 3 aliphatic rings. The zero-order chi connectivity index (χ0) is 34.6. The van der Waals surface area contributed by atoms with Gasteiger partial charge in [-0.25, -0.2) is 0 Å². The first-order valence-corrected chi connectivity index (χ1v) is 23.1. The molecule has 0 radical (unpaired) electrons. The third-order valence-electron chi connectivity index (χ3n) is 13.1. The quantitative estimate of drug-likeness (QED) is 0.124. The van der Waals surface area contributed by atoms with Crippen LogP contribution in [0.15, 0.2) is 157 Å². The Hall–Kier alpha value is -4.43. The van der Waals surface area contributed by atoms with Gasteiger partial charge < -0.3 is 24.8 Å². The molecule has 262 valence electrons. The summed E-state index contributed by atoms with van der Waals surface area (Å²) in [4.78, 5) is 0. The van der Waals surface area contributed by atoms with E-state index in [0.29, 0.717) is 8.45 Å². The fourth-order valence-electron chi connectivity index (χ4n) is 11.0. The number of fused-ring (bicyclic) bond motifs is 6. The summed E-state index contributed by atoms with van der Waals surface area (Å²) in [7, 11) is 0. The van der Waals surface area contributed by atoms with Crippen LogP contribution >= 0.6 is 0 Å². The SMILES string of the molecule is CC1=Cc2c(-c3c4ccccc4cc4ccccc34)cccc2[CH]1[Ti+2]1([CH]2C(C)=Cc3c(-c4c5ccccc5cc5ccccc45)cccc32)[CH2]C[CH2]1.[Cl-].[Cl-]. The van der Waals surface area contributed by atoms with Gasteiger partial charge in [-0.05, 0) is 0 Å². The molecule has 0 amide bonds. The van der Waals surface area contributed by atoms with Crippen LogP contribution < -0.4 is 24.8 Å². The second-order valence-corrected chi connectivity index (χ2v) is 23.0. The average Bonchev–Trinajstić information content (AvgIpc) is 3.68. The van der Waals surface area contributed by atoms with Crippen molar-refractivity contribution in [2.24, 2.45) is 0 Å². The van der Waals surface area contributed by atoms with Crippen LogP contribution in [0.4, 0.5) is 0 Å². The minimum absolute atomic E-state index is 0. The third kappa shape index (κ3) is 5.01. The predicted octanol–water partition coefficient (Wildman–Crippen LogP) is 8.65. The number of hydrogen-bond donors (Lipinski definition) is 0. The Bertz CT molecular complexity index is 2580. The maximum absolute atomic E-state index is 2.62. The van der Waals surface area contributed by atoms with Crippen LogP contribution in [0.5, 0.6) is 0 Å². The summed E-state index contributed by atoms with van der Waals surface area (Å²) in [5, 5.41) is 10.7.